The number of hydrogen-bond donors (Lipinski definition) is 2. The van der Waals surface area contributed by atoms with E-state index in [-0.39, 0.29) is 5.23 Å². The summed E-state index contributed by atoms with van der Waals surface area (Å²) in [6.07, 6.45) is 1.81. The lowest BCUT2D eigenvalue weighted by Gasteiger charge is -2.01. The van der Waals surface area contributed by atoms with Gasteiger partial charge in [0, 0.05) is 0 Å². The zero-order chi connectivity index (χ0) is 5.70. The molecule has 2 N–H and O–H groups in total. The number of hydrogen-bond acceptors (Lipinski definition) is 3. The fourth-order valence-electron chi connectivity index (χ4n) is 0.300. The Kier molecular flexibility index (Phi) is 3.98. The second-order valence-corrected chi connectivity index (χ2v) is 1.45. The van der Waals surface area contributed by atoms with E-state index in [0.29, 0.717) is 6.54 Å². The van der Waals surface area contributed by atoms with Crippen molar-refractivity contribution in [1.29, 1.82) is 0 Å². The quantitative estimate of drug-likeness (QED) is 0.523. The summed E-state index contributed by atoms with van der Waals surface area (Å²) < 4.78 is 0. The lowest BCUT2D eigenvalue weighted by atomic mass is 10.3. The minimum absolute atomic E-state index is 0.212. The first-order valence-corrected chi connectivity index (χ1v) is 2.42. The maximum Gasteiger partial charge on any atom is 0.0512 e. The second kappa shape index (κ2) is 4.05. The molecule has 0 saturated carbocycles. The standard InChI is InChI=1S/C4H11NO2/c1-2-3-4-5(6)7/h6-7H,2-4H2,1H3. The van der Waals surface area contributed by atoms with Crippen molar-refractivity contribution in [2.24, 2.45) is 0 Å². The van der Waals surface area contributed by atoms with Crippen LogP contribution in [0.5, 0.6) is 0 Å². The molecule has 0 aromatic rings. The van der Waals surface area contributed by atoms with E-state index in [1.807, 2.05) is 6.92 Å². The molecule has 0 amide bonds. The van der Waals surface area contributed by atoms with Crippen molar-refractivity contribution in [2.45, 2.75) is 19.8 Å². The van der Waals surface area contributed by atoms with Crippen LogP contribution in [0.2, 0.25) is 0 Å². The molecule has 0 aliphatic rings. The van der Waals surface area contributed by atoms with Gasteiger partial charge in [-0.2, -0.15) is 0 Å². The molecule has 0 aliphatic heterocycles. The summed E-state index contributed by atoms with van der Waals surface area (Å²) in [5.41, 5.74) is 0. The summed E-state index contributed by atoms with van der Waals surface area (Å²) in [7, 11) is 0. The van der Waals surface area contributed by atoms with Crippen LogP contribution in [0.1, 0.15) is 19.8 Å². The van der Waals surface area contributed by atoms with Crippen molar-refractivity contribution < 1.29 is 10.4 Å². The molecule has 44 valence electrons. The Bertz CT molecular complexity index is 38.7. The van der Waals surface area contributed by atoms with Crippen molar-refractivity contribution >= 4 is 0 Å². The van der Waals surface area contributed by atoms with Crippen LogP contribution >= 0.6 is 0 Å². The molecule has 0 aromatic heterocycles. The van der Waals surface area contributed by atoms with Crippen LogP contribution in [0.3, 0.4) is 0 Å². The predicted octanol–water partition coefficient (Wildman–Crippen LogP) is 0.867. The van der Waals surface area contributed by atoms with Gasteiger partial charge in [0.15, 0.2) is 0 Å². The summed E-state index contributed by atoms with van der Waals surface area (Å²) in [6.45, 7) is 2.33. The molecule has 3 heteroatoms. The normalized spacial score (nSPS) is 10.3. The number of unbranched alkanes of at least 4 members (excludes halogenated alkanes) is 1. The molecule has 0 rings (SSSR count). The second-order valence-electron chi connectivity index (χ2n) is 1.45. The Hall–Kier alpha value is -0.120. The molecule has 0 atom stereocenters. The highest BCUT2D eigenvalue weighted by molar-refractivity contribution is 4.30. The number of rotatable bonds is 3. The van der Waals surface area contributed by atoms with Crippen LogP contribution in [-0.2, 0) is 0 Å². The maximum atomic E-state index is 8.07. The van der Waals surface area contributed by atoms with Crippen LogP contribution in [0.15, 0.2) is 0 Å². The van der Waals surface area contributed by atoms with Gasteiger partial charge in [-0.25, -0.2) is 0 Å². The van der Waals surface area contributed by atoms with Gasteiger partial charge in [-0.05, 0) is 6.42 Å². The molecule has 0 aliphatic carbocycles. The molecule has 0 spiro atoms. The van der Waals surface area contributed by atoms with Gasteiger partial charge in [-0.1, -0.05) is 18.6 Å². The van der Waals surface area contributed by atoms with E-state index >= 15 is 0 Å². The molecular formula is C4H11NO2. The largest absolute Gasteiger partial charge is 0.290 e. The van der Waals surface area contributed by atoms with Crippen molar-refractivity contribution in [3.63, 3.8) is 0 Å². The van der Waals surface area contributed by atoms with Crippen molar-refractivity contribution in [2.75, 3.05) is 6.54 Å². The van der Waals surface area contributed by atoms with Gasteiger partial charge in [-0.3, -0.25) is 10.4 Å². The molecule has 0 bridgehead atoms. The van der Waals surface area contributed by atoms with Crippen LogP contribution in [0.25, 0.3) is 0 Å². The molecule has 3 nitrogen and oxygen atoms in total. The molecule has 0 aromatic carbocycles. The fourth-order valence-corrected chi connectivity index (χ4v) is 0.300. The Morgan fingerprint density at radius 1 is 1.43 bits per heavy atom. The monoisotopic (exact) mass is 105 g/mol. The summed E-state index contributed by atoms with van der Waals surface area (Å²) in [6, 6.07) is 0. The van der Waals surface area contributed by atoms with Crippen LogP contribution in [0, 0.1) is 0 Å². The van der Waals surface area contributed by atoms with Crippen molar-refractivity contribution in [3.8, 4) is 0 Å². The highest BCUT2D eigenvalue weighted by Crippen LogP contribution is 1.85. The van der Waals surface area contributed by atoms with Gasteiger partial charge in [0.25, 0.3) is 0 Å². The summed E-state index contributed by atoms with van der Waals surface area (Å²) in [4.78, 5) is 0. The SMILES string of the molecule is CCCCN(O)O. The van der Waals surface area contributed by atoms with Crippen LogP contribution < -0.4 is 0 Å². The zero-order valence-corrected chi connectivity index (χ0v) is 4.46. The van der Waals surface area contributed by atoms with Crippen LogP contribution in [0.4, 0.5) is 0 Å². The van der Waals surface area contributed by atoms with Gasteiger partial charge in [0.2, 0.25) is 0 Å². The minimum Gasteiger partial charge on any atom is -0.290 e. The zero-order valence-electron chi connectivity index (χ0n) is 4.46. The Labute approximate surface area is 43.1 Å². The molecule has 0 heterocycles. The van der Waals surface area contributed by atoms with E-state index in [1.165, 1.54) is 0 Å². The third-order valence-corrected chi connectivity index (χ3v) is 0.712. The Morgan fingerprint density at radius 2 is 2.00 bits per heavy atom. The smallest absolute Gasteiger partial charge is 0.0512 e. The van der Waals surface area contributed by atoms with Crippen molar-refractivity contribution in [1.82, 2.24) is 5.23 Å². The van der Waals surface area contributed by atoms with E-state index in [4.69, 9.17) is 10.4 Å². The molecule has 7 heavy (non-hydrogen) atoms. The first kappa shape index (κ1) is 6.88. The maximum absolute atomic E-state index is 8.07. The minimum atomic E-state index is 0.212. The number of nitrogens with zero attached hydrogens (tertiary/aromatic N) is 1. The van der Waals surface area contributed by atoms with Crippen LogP contribution in [-0.4, -0.2) is 22.2 Å². The lowest BCUT2D eigenvalue weighted by Crippen LogP contribution is -2.14. The Balaban J connectivity index is 2.68. The molecular weight excluding hydrogens is 94.0 g/mol. The highest BCUT2D eigenvalue weighted by atomic mass is 16.8. The third kappa shape index (κ3) is 5.88. The first-order chi connectivity index (χ1) is 3.27. The molecule has 0 radical (unpaired) electrons. The molecule has 0 saturated heterocycles. The lowest BCUT2D eigenvalue weighted by molar-refractivity contribution is -0.306. The summed E-state index contributed by atoms with van der Waals surface area (Å²) in [5, 5.41) is 16.4. The summed E-state index contributed by atoms with van der Waals surface area (Å²) in [5.74, 6) is 0. The van der Waals surface area contributed by atoms with Crippen molar-refractivity contribution in [3.05, 3.63) is 0 Å². The first-order valence-electron chi connectivity index (χ1n) is 2.42. The van der Waals surface area contributed by atoms with Gasteiger partial charge >= 0.3 is 0 Å². The third-order valence-electron chi connectivity index (χ3n) is 0.712. The topological polar surface area (TPSA) is 43.7 Å². The van der Waals surface area contributed by atoms with E-state index in [9.17, 15) is 0 Å². The van der Waals surface area contributed by atoms with Gasteiger partial charge in [0.1, 0.15) is 0 Å². The van der Waals surface area contributed by atoms with E-state index in [2.05, 4.69) is 0 Å². The molecule has 0 fully saturated rings. The average Bonchev–Trinajstić information content (AvgIpc) is 1.61. The number of hydroxylamine groups is 2. The highest BCUT2D eigenvalue weighted by Gasteiger charge is 1.87. The van der Waals surface area contributed by atoms with Gasteiger partial charge in [-0.15, -0.1) is 0 Å². The molecule has 0 unspecified atom stereocenters. The van der Waals surface area contributed by atoms with Gasteiger partial charge in [0.05, 0.1) is 6.54 Å². The summed E-state index contributed by atoms with van der Waals surface area (Å²) >= 11 is 0. The fraction of sp³-hybridized carbons (Fsp3) is 1.00. The van der Waals surface area contributed by atoms with E-state index in [1.54, 1.807) is 0 Å². The predicted molar refractivity (Wildman–Crippen MR) is 25.2 cm³/mol. The Morgan fingerprint density at radius 3 is 2.14 bits per heavy atom. The van der Waals surface area contributed by atoms with E-state index in [0.717, 1.165) is 12.8 Å². The van der Waals surface area contributed by atoms with Gasteiger partial charge < -0.3 is 0 Å². The average molecular weight is 105 g/mol. The van der Waals surface area contributed by atoms with E-state index < -0.39 is 0 Å².